The van der Waals surface area contributed by atoms with Crippen LogP contribution >= 0.6 is 0 Å². The van der Waals surface area contributed by atoms with E-state index in [1.807, 2.05) is 0 Å². The van der Waals surface area contributed by atoms with E-state index in [2.05, 4.69) is 109 Å². The van der Waals surface area contributed by atoms with Crippen LogP contribution in [0.1, 0.15) is 11.1 Å². The SMILES string of the molecule is C(=C\c1cc(-c2ccccc2)[se]c1-c1ccccc1)/c1ccccc1. The molecule has 1 aromatic heterocycles. The van der Waals surface area contributed by atoms with E-state index in [0.717, 1.165) is 0 Å². The summed E-state index contributed by atoms with van der Waals surface area (Å²) in [5, 5.41) is 0. The van der Waals surface area contributed by atoms with Crippen molar-refractivity contribution in [2.24, 2.45) is 0 Å². The van der Waals surface area contributed by atoms with Gasteiger partial charge in [-0.2, -0.15) is 0 Å². The van der Waals surface area contributed by atoms with Crippen LogP contribution in [0.4, 0.5) is 0 Å². The van der Waals surface area contributed by atoms with Crippen LogP contribution in [0.3, 0.4) is 0 Å². The first-order chi connectivity index (χ1) is 12.4. The Bertz CT molecular complexity index is 965. The van der Waals surface area contributed by atoms with Crippen LogP contribution in [0.5, 0.6) is 0 Å². The van der Waals surface area contributed by atoms with Crippen molar-refractivity contribution >= 4 is 26.7 Å². The Morgan fingerprint density at radius 2 is 1.12 bits per heavy atom. The van der Waals surface area contributed by atoms with Gasteiger partial charge in [-0.15, -0.1) is 0 Å². The van der Waals surface area contributed by atoms with Gasteiger partial charge >= 0.3 is 155 Å². The number of hydrogen-bond donors (Lipinski definition) is 0. The molecule has 4 rings (SSSR count). The third-order valence-corrected chi connectivity index (χ3v) is 6.73. The van der Waals surface area contributed by atoms with Gasteiger partial charge in [0.05, 0.1) is 0 Å². The van der Waals surface area contributed by atoms with Gasteiger partial charge in [-0.3, -0.25) is 0 Å². The minimum absolute atomic E-state index is 0.319. The molecule has 0 fully saturated rings. The van der Waals surface area contributed by atoms with Crippen LogP contribution in [0.15, 0.2) is 97.1 Å². The predicted molar refractivity (Wildman–Crippen MR) is 110 cm³/mol. The molecule has 0 nitrogen and oxygen atoms in total. The summed E-state index contributed by atoms with van der Waals surface area (Å²) < 4.78 is 2.90. The van der Waals surface area contributed by atoms with Crippen molar-refractivity contribution in [3.63, 3.8) is 0 Å². The average Bonchev–Trinajstić information content (AvgIpc) is 3.13. The summed E-state index contributed by atoms with van der Waals surface area (Å²) in [6.07, 6.45) is 4.47. The first kappa shape index (κ1) is 15.9. The fraction of sp³-hybridized carbons (Fsp3) is 0. The van der Waals surface area contributed by atoms with Gasteiger partial charge in [0.25, 0.3) is 0 Å². The molecule has 0 amide bonds. The van der Waals surface area contributed by atoms with Crippen molar-refractivity contribution in [2.75, 3.05) is 0 Å². The molecule has 0 atom stereocenters. The first-order valence-corrected chi connectivity index (χ1v) is 10.1. The third kappa shape index (κ3) is 3.74. The molecule has 0 radical (unpaired) electrons. The van der Waals surface area contributed by atoms with Crippen LogP contribution in [0.2, 0.25) is 0 Å². The van der Waals surface area contributed by atoms with Crippen LogP contribution < -0.4 is 0 Å². The molecule has 1 heterocycles. The van der Waals surface area contributed by atoms with Crippen LogP contribution in [-0.4, -0.2) is 14.5 Å². The zero-order chi connectivity index (χ0) is 16.9. The Morgan fingerprint density at radius 1 is 0.560 bits per heavy atom. The van der Waals surface area contributed by atoms with Gasteiger partial charge in [0.1, 0.15) is 0 Å². The normalized spacial score (nSPS) is 11.0. The summed E-state index contributed by atoms with van der Waals surface area (Å²) in [7, 11) is 0. The fourth-order valence-corrected chi connectivity index (χ4v) is 5.27. The van der Waals surface area contributed by atoms with Crippen molar-refractivity contribution in [1.82, 2.24) is 0 Å². The molecular weight excluding hydrogens is 367 g/mol. The standard InChI is InChI=1S/C24H18Se/c1-4-10-19(11-5-1)16-17-22-18-23(20-12-6-2-7-13-20)25-24(22)21-14-8-3-9-15-21/h1-18H/b17-16+. The van der Waals surface area contributed by atoms with Crippen molar-refractivity contribution < 1.29 is 0 Å². The second kappa shape index (κ2) is 7.53. The Hall–Kier alpha value is -2.60. The number of rotatable bonds is 4. The van der Waals surface area contributed by atoms with E-state index in [4.69, 9.17) is 0 Å². The van der Waals surface area contributed by atoms with Crippen LogP contribution in [0.25, 0.3) is 32.2 Å². The molecule has 0 aliphatic rings. The summed E-state index contributed by atoms with van der Waals surface area (Å²) in [6.45, 7) is 0. The molecule has 0 spiro atoms. The fourth-order valence-electron chi connectivity index (χ4n) is 2.84. The summed E-state index contributed by atoms with van der Waals surface area (Å²) in [5.74, 6) is 0. The topological polar surface area (TPSA) is 0 Å². The quantitative estimate of drug-likeness (QED) is 0.364. The van der Waals surface area contributed by atoms with Gasteiger partial charge in [0.2, 0.25) is 0 Å². The van der Waals surface area contributed by atoms with E-state index in [1.54, 1.807) is 0 Å². The van der Waals surface area contributed by atoms with Crippen molar-refractivity contribution in [2.45, 2.75) is 0 Å². The van der Waals surface area contributed by atoms with E-state index in [-0.39, 0.29) is 0 Å². The molecule has 0 unspecified atom stereocenters. The van der Waals surface area contributed by atoms with E-state index < -0.39 is 0 Å². The molecule has 120 valence electrons. The maximum atomic E-state index is 2.36. The van der Waals surface area contributed by atoms with Crippen molar-refractivity contribution in [1.29, 1.82) is 0 Å². The molecule has 25 heavy (non-hydrogen) atoms. The Balaban J connectivity index is 1.78. The molecule has 1 heteroatoms. The summed E-state index contributed by atoms with van der Waals surface area (Å²) in [5.41, 5.74) is 5.22. The Labute approximate surface area is 154 Å². The molecule has 0 aliphatic heterocycles. The van der Waals surface area contributed by atoms with Gasteiger partial charge in [-0.05, 0) is 0 Å². The van der Waals surface area contributed by atoms with E-state index in [1.165, 1.54) is 31.1 Å². The molecule has 4 aromatic rings. The number of hydrogen-bond acceptors (Lipinski definition) is 0. The van der Waals surface area contributed by atoms with Gasteiger partial charge in [0.15, 0.2) is 0 Å². The first-order valence-electron chi connectivity index (χ1n) is 8.38. The second-order valence-electron chi connectivity index (χ2n) is 5.87. The molecule has 0 N–H and O–H groups in total. The van der Waals surface area contributed by atoms with E-state index in [9.17, 15) is 0 Å². The Morgan fingerprint density at radius 3 is 1.76 bits per heavy atom. The zero-order valence-electron chi connectivity index (χ0n) is 13.8. The third-order valence-electron chi connectivity index (χ3n) is 4.11. The van der Waals surface area contributed by atoms with Crippen molar-refractivity contribution in [3.8, 4) is 20.0 Å². The van der Waals surface area contributed by atoms with Crippen molar-refractivity contribution in [3.05, 3.63) is 108 Å². The van der Waals surface area contributed by atoms with Gasteiger partial charge in [0, 0.05) is 0 Å². The molecule has 0 aliphatic carbocycles. The molecular formula is C24H18Se. The second-order valence-corrected chi connectivity index (χ2v) is 8.08. The molecule has 0 saturated heterocycles. The molecule has 0 bridgehead atoms. The number of benzene rings is 3. The minimum atomic E-state index is 0.319. The van der Waals surface area contributed by atoms with Gasteiger partial charge in [-0.25, -0.2) is 0 Å². The van der Waals surface area contributed by atoms with E-state index >= 15 is 0 Å². The summed E-state index contributed by atoms with van der Waals surface area (Å²) in [4.78, 5) is 0. The van der Waals surface area contributed by atoms with Gasteiger partial charge < -0.3 is 0 Å². The van der Waals surface area contributed by atoms with Gasteiger partial charge in [-0.1, -0.05) is 0 Å². The molecule has 3 aromatic carbocycles. The monoisotopic (exact) mass is 386 g/mol. The van der Waals surface area contributed by atoms with E-state index in [0.29, 0.717) is 14.5 Å². The summed E-state index contributed by atoms with van der Waals surface area (Å²) >= 11 is 0.319. The molecule has 0 saturated carbocycles. The average molecular weight is 385 g/mol. The zero-order valence-corrected chi connectivity index (χ0v) is 15.5. The van der Waals surface area contributed by atoms with Crippen LogP contribution in [0, 0.1) is 0 Å². The Kier molecular flexibility index (Phi) is 4.79. The predicted octanol–water partition coefficient (Wildman–Crippen LogP) is 6.25. The van der Waals surface area contributed by atoms with Crippen LogP contribution in [-0.2, 0) is 0 Å². The summed E-state index contributed by atoms with van der Waals surface area (Å²) in [6, 6.07) is 34.3. The maximum absolute atomic E-state index is 2.36.